The number of urea groups is 1. The first-order valence-electron chi connectivity index (χ1n) is 6.08. The molecule has 2 N–H and O–H groups in total. The van der Waals surface area contributed by atoms with Gasteiger partial charge in [-0.2, -0.15) is 0 Å². The third kappa shape index (κ3) is 5.06. The number of carbonyl (C=O) groups is 2. The fourth-order valence-electron chi connectivity index (χ4n) is 1.63. The molecule has 0 aliphatic heterocycles. The van der Waals surface area contributed by atoms with Crippen molar-refractivity contribution in [2.45, 2.75) is 45.6 Å². The maximum absolute atomic E-state index is 11.9. The van der Waals surface area contributed by atoms with Crippen LogP contribution in [0.25, 0.3) is 0 Å². The largest absolute Gasteiger partial charge is 0.480 e. The molecule has 98 valence electrons. The lowest BCUT2D eigenvalue weighted by Gasteiger charge is -2.34. The number of carboxylic acid groups (broad SMARTS) is 1. The molecule has 0 atom stereocenters. The minimum Gasteiger partial charge on any atom is -0.480 e. The van der Waals surface area contributed by atoms with Crippen molar-refractivity contribution in [1.82, 2.24) is 10.2 Å². The molecule has 0 bridgehead atoms. The SMILES string of the molecule is CC(C)(C)N(CC(=O)O)C(=O)NCCC1CC1. The number of rotatable bonds is 5. The normalized spacial score (nSPS) is 15.5. The van der Waals surface area contributed by atoms with Crippen LogP contribution in [0.2, 0.25) is 0 Å². The highest BCUT2D eigenvalue weighted by atomic mass is 16.4. The van der Waals surface area contributed by atoms with E-state index < -0.39 is 11.5 Å². The van der Waals surface area contributed by atoms with Crippen LogP contribution in [-0.2, 0) is 4.79 Å². The summed E-state index contributed by atoms with van der Waals surface area (Å²) in [6.07, 6.45) is 3.51. The Hall–Kier alpha value is -1.26. The molecule has 1 aliphatic rings. The van der Waals surface area contributed by atoms with Crippen molar-refractivity contribution < 1.29 is 14.7 Å². The van der Waals surface area contributed by atoms with E-state index in [-0.39, 0.29) is 12.6 Å². The topological polar surface area (TPSA) is 69.6 Å². The molecule has 0 aromatic rings. The minimum atomic E-state index is -0.989. The van der Waals surface area contributed by atoms with Crippen molar-refractivity contribution >= 4 is 12.0 Å². The summed E-state index contributed by atoms with van der Waals surface area (Å²) in [5, 5.41) is 11.6. The van der Waals surface area contributed by atoms with Gasteiger partial charge in [0.15, 0.2) is 0 Å². The standard InChI is InChI=1S/C12H22N2O3/c1-12(2,3)14(8-10(15)16)11(17)13-7-6-9-4-5-9/h9H,4-8H2,1-3H3,(H,13,17)(H,15,16). The monoisotopic (exact) mass is 242 g/mol. The van der Waals surface area contributed by atoms with E-state index in [1.807, 2.05) is 20.8 Å². The quantitative estimate of drug-likeness (QED) is 0.770. The van der Waals surface area contributed by atoms with Crippen LogP contribution in [-0.4, -0.2) is 40.6 Å². The molecule has 2 amide bonds. The number of amides is 2. The van der Waals surface area contributed by atoms with Crippen molar-refractivity contribution in [3.63, 3.8) is 0 Å². The Labute approximate surface area is 102 Å². The van der Waals surface area contributed by atoms with Gasteiger partial charge < -0.3 is 15.3 Å². The van der Waals surface area contributed by atoms with Crippen LogP contribution in [0.15, 0.2) is 0 Å². The molecule has 1 aliphatic carbocycles. The zero-order chi connectivity index (χ0) is 13.1. The van der Waals surface area contributed by atoms with E-state index in [0.29, 0.717) is 6.54 Å². The molecule has 0 aromatic carbocycles. The molecule has 1 rings (SSSR count). The van der Waals surface area contributed by atoms with Gasteiger partial charge >= 0.3 is 12.0 Å². The van der Waals surface area contributed by atoms with Gasteiger partial charge in [-0.05, 0) is 33.1 Å². The maximum Gasteiger partial charge on any atom is 0.323 e. The van der Waals surface area contributed by atoms with Crippen LogP contribution in [0, 0.1) is 5.92 Å². The third-order valence-electron chi connectivity index (χ3n) is 2.87. The average Bonchev–Trinajstić information content (AvgIpc) is 2.95. The Kier molecular flexibility index (Phi) is 4.37. The Morgan fingerprint density at radius 2 is 1.94 bits per heavy atom. The lowest BCUT2D eigenvalue weighted by Crippen LogP contribution is -2.52. The van der Waals surface area contributed by atoms with Gasteiger partial charge in [-0.15, -0.1) is 0 Å². The van der Waals surface area contributed by atoms with Gasteiger partial charge in [-0.3, -0.25) is 4.79 Å². The van der Waals surface area contributed by atoms with Crippen LogP contribution in [0.5, 0.6) is 0 Å². The van der Waals surface area contributed by atoms with E-state index in [0.717, 1.165) is 12.3 Å². The average molecular weight is 242 g/mol. The van der Waals surface area contributed by atoms with Crippen LogP contribution >= 0.6 is 0 Å². The fraction of sp³-hybridized carbons (Fsp3) is 0.833. The predicted octanol–water partition coefficient (Wildman–Crippen LogP) is 1.68. The molecule has 0 radical (unpaired) electrons. The number of hydrogen-bond acceptors (Lipinski definition) is 2. The van der Waals surface area contributed by atoms with Crippen LogP contribution in [0.3, 0.4) is 0 Å². The second kappa shape index (κ2) is 5.38. The Bertz CT molecular complexity index is 293. The smallest absolute Gasteiger partial charge is 0.323 e. The number of carbonyl (C=O) groups excluding carboxylic acids is 1. The number of nitrogens with zero attached hydrogens (tertiary/aromatic N) is 1. The molecule has 17 heavy (non-hydrogen) atoms. The van der Waals surface area contributed by atoms with E-state index in [9.17, 15) is 9.59 Å². The third-order valence-corrected chi connectivity index (χ3v) is 2.87. The van der Waals surface area contributed by atoms with Gasteiger partial charge in [0, 0.05) is 12.1 Å². The van der Waals surface area contributed by atoms with E-state index in [4.69, 9.17) is 5.11 Å². The maximum atomic E-state index is 11.9. The molecule has 0 spiro atoms. The first-order chi connectivity index (χ1) is 7.80. The fourth-order valence-corrected chi connectivity index (χ4v) is 1.63. The van der Waals surface area contributed by atoms with Crippen LogP contribution < -0.4 is 5.32 Å². The summed E-state index contributed by atoms with van der Waals surface area (Å²) >= 11 is 0. The lowest BCUT2D eigenvalue weighted by atomic mass is 10.1. The summed E-state index contributed by atoms with van der Waals surface area (Å²) < 4.78 is 0. The number of carboxylic acids is 1. The van der Waals surface area contributed by atoms with E-state index in [2.05, 4.69) is 5.32 Å². The van der Waals surface area contributed by atoms with E-state index in [1.165, 1.54) is 17.7 Å². The molecule has 5 heteroatoms. The van der Waals surface area contributed by atoms with Gasteiger partial charge in [0.05, 0.1) is 0 Å². The highest BCUT2D eigenvalue weighted by Crippen LogP contribution is 2.31. The van der Waals surface area contributed by atoms with Crippen molar-refractivity contribution in [2.24, 2.45) is 5.92 Å². The van der Waals surface area contributed by atoms with Gasteiger partial charge in [0.2, 0.25) is 0 Å². The van der Waals surface area contributed by atoms with Crippen LogP contribution in [0.1, 0.15) is 40.0 Å². The van der Waals surface area contributed by atoms with Crippen molar-refractivity contribution in [1.29, 1.82) is 0 Å². The number of hydrogen-bond donors (Lipinski definition) is 2. The van der Waals surface area contributed by atoms with Gasteiger partial charge in [-0.1, -0.05) is 12.8 Å². The summed E-state index contributed by atoms with van der Waals surface area (Å²) in [5.41, 5.74) is -0.484. The first-order valence-corrected chi connectivity index (χ1v) is 6.08. The molecule has 0 aromatic heterocycles. The number of aliphatic carboxylic acids is 1. The second-order valence-corrected chi connectivity index (χ2v) is 5.61. The molecule has 0 unspecified atom stereocenters. The molecule has 0 saturated heterocycles. The molecule has 0 heterocycles. The summed E-state index contributed by atoms with van der Waals surface area (Å²) in [6.45, 7) is 5.86. The van der Waals surface area contributed by atoms with Crippen LogP contribution in [0.4, 0.5) is 4.79 Å². The zero-order valence-electron chi connectivity index (χ0n) is 10.8. The van der Waals surface area contributed by atoms with E-state index >= 15 is 0 Å². The number of nitrogens with one attached hydrogen (secondary N) is 1. The zero-order valence-corrected chi connectivity index (χ0v) is 10.8. The molecule has 1 saturated carbocycles. The summed E-state index contributed by atoms with van der Waals surface area (Å²) in [7, 11) is 0. The summed E-state index contributed by atoms with van der Waals surface area (Å²) in [4.78, 5) is 24.0. The second-order valence-electron chi connectivity index (χ2n) is 5.61. The van der Waals surface area contributed by atoms with E-state index in [1.54, 1.807) is 0 Å². The summed E-state index contributed by atoms with van der Waals surface area (Å²) in [5.74, 6) is -0.227. The van der Waals surface area contributed by atoms with Crippen molar-refractivity contribution in [2.75, 3.05) is 13.1 Å². The van der Waals surface area contributed by atoms with Gasteiger partial charge in [-0.25, -0.2) is 4.79 Å². The lowest BCUT2D eigenvalue weighted by molar-refractivity contribution is -0.138. The highest BCUT2D eigenvalue weighted by molar-refractivity contribution is 5.80. The molecular weight excluding hydrogens is 220 g/mol. The first kappa shape index (κ1) is 13.8. The predicted molar refractivity (Wildman–Crippen MR) is 64.8 cm³/mol. The minimum absolute atomic E-state index is 0.265. The van der Waals surface area contributed by atoms with Gasteiger partial charge in [0.25, 0.3) is 0 Å². The molecule has 5 nitrogen and oxygen atoms in total. The highest BCUT2D eigenvalue weighted by Gasteiger charge is 2.28. The van der Waals surface area contributed by atoms with Gasteiger partial charge in [0.1, 0.15) is 6.54 Å². The van der Waals surface area contributed by atoms with Crippen molar-refractivity contribution in [3.05, 3.63) is 0 Å². The summed E-state index contributed by atoms with van der Waals surface area (Å²) in [6, 6.07) is -0.291. The Morgan fingerprint density at radius 3 is 2.35 bits per heavy atom. The molecular formula is C12H22N2O3. The van der Waals surface area contributed by atoms with Crippen molar-refractivity contribution in [3.8, 4) is 0 Å². The molecule has 1 fully saturated rings. The Balaban J connectivity index is 2.43. The Morgan fingerprint density at radius 1 is 1.35 bits per heavy atom.